The van der Waals surface area contributed by atoms with Gasteiger partial charge in [0.1, 0.15) is 6.04 Å². The van der Waals surface area contributed by atoms with E-state index in [0.29, 0.717) is 6.54 Å². The van der Waals surface area contributed by atoms with E-state index in [0.717, 1.165) is 12.8 Å². The molecule has 0 unspecified atom stereocenters. The fourth-order valence-electron chi connectivity index (χ4n) is 2.66. The van der Waals surface area contributed by atoms with Gasteiger partial charge in [-0.1, -0.05) is 55.8 Å². The highest BCUT2D eigenvalue weighted by Gasteiger charge is 2.15. The van der Waals surface area contributed by atoms with Crippen molar-refractivity contribution in [2.75, 3.05) is 13.1 Å². The summed E-state index contributed by atoms with van der Waals surface area (Å²) in [5, 5.41) is 9.36. The van der Waals surface area contributed by atoms with E-state index in [1.165, 1.54) is 16.3 Å². The zero-order chi connectivity index (χ0) is 17.4. The largest absolute Gasteiger partial charge is 0.338 e. The maximum absolute atomic E-state index is 11.9. The minimum absolute atomic E-state index is 0.130. The lowest BCUT2D eigenvalue weighted by atomic mass is 10.00. The first-order chi connectivity index (χ1) is 11.6. The Labute approximate surface area is 142 Å². The first-order valence-electron chi connectivity index (χ1n) is 8.50. The molecule has 0 saturated heterocycles. The summed E-state index contributed by atoms with van der Waals surface area (Å²) in [7, 11) is 0. The molecule has 0 aromatic heterocycles. The van der Waals surface area contributed by atoms with E-state index in [4.69, 9.17) is 0 Å². The highest BCUT2D eigenvalue weighted by Crippen LogP contribution is 2.21. The molecule has 2 rings (SSSR count). The minimum atomic E-state index is -0.417. The molecule has 0 aliphatic heterocycles. The number of urea groups is 1. The van der Waals surface area contributed by atoms with Crippen LogP contribution >= 0.6 is 0 Å². The molecule has 3 amide bonds. The summed E-state index contributed by atoms with van der Waals surface area (Å²) < 4.78 is 0. The van der Waals surface area contributed by atoms with Gasteiger partial charge in [0.2, 0.25) is 0 Å². The normalized spacial score (nSPS) is 11.9. The number of imide groups is 1. The van der Waals surface area contributed by atoms with Gasteiger partial charge in [-0.15, -0.1) is 0 Å². The molecule has 24 heavy (non-hydrogen) atoms. The fraction of sp³-hybridized carbons (Fsp3) is 0.368. The minimum Gasteiger partial charge on any atom is -0.338 e. The van der Waals surface area contributed by atoms with Gasteiger partial charge in [0.15, 0.2) is 6.54 Å². The molecule has 5 nitrogen and oxygen atoms in total. The number of rotatable bonds is 7. The molecule has 128 valence electrons. The standard InChI is InChI=1S/C19H25N3O2/c1-3-4-12-20-19(24)22-18(23)13-21-14(2)16-11-7-9-15-8-5-6-10-17(15)16/h5-11,14,21H,3-4,12-13H2,1-2H3,(H2,20,22,23,24)/p+1/t14-/m0/s1. The van der Waals surface area contributed by atoms with Crippen LogP contribution in [-0.4, -0.2) is 25.0 Å². The number of fused-ring (bicyclic) bond motifs is 1. The summed E-state index contributed by atoms with van der Waals surface area (Å²) in [6.45, 7) is 4.92. The van der Waals surface area contributed by atoms with Crippen molar-refractivity contribution in [3.63, 3.8) is 0 Å². The number of benzene rings is 2. The molecule has 1 atom stereocenters. The van der Waals surface area contributed by atoms with Crippen LogP contribution in [0.3, 0.4) is 0 Å². The number of nitrogens with two attached hydrogens (primary N) is 1. The Morgan fingerprint density at radius 1 is 1.12 bits per heavy atom. The van der Waals surface area contributed by atoms with E-state index in [9.17, 15) is 9.59 Å². The van der Waals surface area contributed by atoms with Crippen molar-refractivity contribution in [3.05, 3.63) is 48.0 Å². The maximum atomic E-state index is 11.9. The number of carbonyl (C=O) groups is 2. The SMILES string of the molecule is CCCCNC(=O)NC(=O)C[NH2+][C@@H](C)c1cccc2ccccc12. The van der Waals surface area contributed by atoms with Crippen LogP contribution in [0, 0.1) is 0 Å². The van der Waals surface area contributed by atoms with Crippen molar-refractivity contribution in [2.45, 2.75) is 32.7 Å². The number of nitrogens with one attached hydrogen (secondary N) is 2. The molecule has 0 aliphatic carbocycles. The van der Waals surface area contributed by atoms with Crippen molar-refractivity contribution in [1.29, 1.82) is 0 Å². The van der Waals surface area contributed by atoms with Gasteiger partial charge in [-0.25, -0.2) is 4.79 Å². The predicted molar refractivity (Wildman–Crippen MR) is 95.6 cm³/mol. The van der Waals surface area contributed by atoms with Crippen LogP contribution in [0.2, 0.25) is 0 Å². The molecule has 5 heteroatoms. The zero-order valence-corrected chi connectivity index (χ0v) is 14.3. The lowest BCUT2D eigenvalue weighted by Gasteiger charge is -2.13. The molecule has 0 radical (unpaired) electrons. The third kappa shape index (κ3) is 5.06. The fourth-order valence-corrected chi connectivity index (χ4v) is 2.66. The first-order valence-corrected chi connectivity index (χ1v) is 8.50. The average molecular weight is 328 g/mol. The van der Waals surface area contributed by atoms with Gasteiger partial charge < -0.3 is 10.6 Å². The first kappa shape index (κ1) is 17.9. The summed E-state index contributed by atoms with van der Waals surface area (Å²) in [5.41, 5.74) is 1.19. The summed E-state index contributed by atoms with van der Waals surface area (Å²) >= 11 is 0. The number of amides is 3. The van der Waals surface area contributed by atoms with Gasteiger partial charge in [-0.3, -0.25) is 10.1 Å². The summed E-state index contributed by atoms with van der Waals surface area (Å²) in [6, 6.07) is 14.1. The number of carbonyl (C=O) groups excluding carboxylic acids is 2. The Morgan fingerprint density at radius 2 is 1.88 bits per heavy atom. The lowest BCUT2D eigenvalue weighted by molar-refractivity contribution is -0.682. The summed E-state index contributed by atoms with van der Waals surface area (Å²) in [5.74, 6) is -0.281. The topological polar surface area (TPSA) is 74.8 Å². The Kier molecular flexibility index (Phi) is 6.75. The van der Waals surface area contributed by atoms with E-state index in [-0.39, 0.29) is 18.5 Å². The molecule has 2 aromatic carbocycles. The second kappa shape index (κ2) is 9.03. The highest BCUT2D eigenvalue weighted by atomic mass is 16.2. The van der Waals surface area contributed by atoms with Gasteiger partial charge >= 0.3 is 6.03 Å². The van der Waals surface area contributed by atoms with E-state index in [2.05, 4.69) is 41.8 Å². The Balaban J connectivity index is 1.87. The quantitative estimate of drug-likeness (QED) is 0.681. The van der Waals surface area contributed by atoms with Crippen LogP contribution < -0.4 is 16.0 Å². The summed E-state index contributed by atoms with van der Waals surface area (Å²) in [6.07, 6.45) is 1.91. The van der Waals surface area contributed by atoms with Crippen molar-refractivity contribution in [1.82, 2.24) is 10.6 Å². The molecule has 0 bridgehead atoms. The van der Waals surface area contributed by atoms with E-state index in [1.807, 2.05) is 30.4 Å². The number of hydrogen-bond acceptors (Lipinski definition) is 2. The van der Waals surface area contributed by atoms with Gasteiger partial charge in [-0.05, 0) is 24.1 Å². The molecule has 2 aromatic rings. The van der Waals surface area contributed by atoms with Crippen LogP contribution in [0.1, 0.15) is 38.3 Å². The Morgan fingerprint density at radius 3 is 2.67 bits per heavy atom. The summed E-state index contributed by atoms with van der Waals surface area (Å²) in [4.78, 5) is 23.4. The Bertz CT molecular complexity index is 695. The third-order valence-electron chi connectivity index (χ3n) is 4.04. The van der Waals surface area contributed by atoms with Crippen LogP contribution in [0.5, 0.6) is 0 Å². The van der Waals surface area contributed by atoms with Crippen molar-refractivity contribution < 1.29 is 14.9 Å². The van der Waals surface area contributed by atoms with Gasteiger partial charge in [0, 0.05) is 12.1 Å². The van der Waals surface area contributed by atoms with Gasteiger partial charge in [0.05, 0.1) is 0 Å². The smallest absolute Gasteiger partial charge is 0.321 e. The second-order valence-corrected chi connectivity index (χ2v) is 5.95. The van der Waals surface area contributed by atoms with Gasteiger partial charge in [0.25, 0.3) is 5.91 Å². The molecule has 0 heterocycles. The van der Waals surface area contributed by atoms with Crippen LogP contribution in [0.15, 0.2) is 42.5 Å². The number of unbranched alkanes of at least 4 members (excludes halogenated alkanes) is 1. The second-order valence-electron chi connectivity index (χ2n) is 5.95. The van der Waals surface area contributed by atoms with Crippen LogP contribution in [0.25, 0.3) is 10.8 Å². The monoisotopic (exact) mass is 328 g/mol. The van der Waals surface area contributed by atoms with Crippen LogP contribution in [-0.2, 0) is 4.79 Å². The molecular formula is C19H26N3O2+. The molecule has 0 saturated carbocycles. The Hall–Kier alpha value is -2.40. The van der Waals surface area contributed by atoms with Gasteiger partial charge in [-0.2, -0.15) is 0 Å². The molecular weight excluding hydrogens is 302 g/mol. The van der Waals surface area contributed by atoms with Crippen molar-refractivity contribution in [3.8, 4) is 0 Å². The maximum Gasteiger partial charge on any atom is 0.321 e. The molecule has 0 aliphatic rings. The molecule has 0 spiro atoms. The number of quaternary nitrogens is 1. The van der Waals surface area contributed by atoms with Crippen molar-refractivity contribution in [2.24, 2.45) is 0 Å². The van der Waals surface area contributed by atoms with Crippen LogP contribution in [0.4, 0.5) is 4.79 Å². The zero-order valence-electron chi connectivity index (χ0n) is 14.3. The predicted octanol–water partition coefficient (Wildman–Crippen LogP) is 2.09. The van der Waals surface area contributed by atoms with E-state index in [1.54, 1.807) is 0 Å². The highest BCUT2D eigenvalue weighted by molar-refractivity contribution is 5.94. The van der Waals surface area contributed by atoms with E-state index < -0.39 is 6.03 Å². The third-order valence-corrected chi connectivity index (χ3v) is 4.04. The average Bonchev–Trinajstić information content (AvgIpc) is 2.59. The van der Waals surface area contributed by atoms with E-state index >= 15 is 0 Å². The lowest BCUT2D eigenvalue weighted by Crippen LogP contribution is -2.87. The van der Waals surface area contributed by atoms with Crippen molar-refractivity contribution >= 4 is 22.7 Å². The molecule has 0 fully saturated rings. The molecule has 4 N–H and O–H groups in total. The number of hydrogen-bond donors (Lipinski definition) is 3.